The van der Waals surface area contributed by atoms with Crippen molar-refractivity contribution in [2.45, 2.75) is 39.0 Å². The van der Waals surface area contributed by atoms with Crippen LogP contribution in [0.5, 0.6) is 0 Å². The first-order chi connectivity index (χ1) is 14.4. The summed E-state index contributed by atoms with van der Waals surface area (Å²) in [6.45, 7) is 1.70. The van der Waals surface area contributed by atoms with Gasteiger partial charge in [0.1, 0.15) is 0 Å². The highest BCUT2D eigenvalue weighted by Gasteiger charge is 2.21. The van der Waals surface area contributed by atoms with E-state index in [1.54, 1.807) is 43.3 Å². The third-order valence-corrected chi connectivity index (χ3v) is 5.21. The monoisotopic (exact) mass is 408 g/mol. The van der Waals surface area contributed by atoms with Gasteiger partial charge in [0.2, 0.25) is 5.91 Å². The third-order valence-electron chi connectivity index (χ3n) is 5.21. The standard InChI is InChI=1S/C22H24N4O4/c1-15(16-9-13-20(14-10-16)26(29)30)24-25-22(28)18-7-11-19(12-8-18)23-21(27)17-5-3-2-4-6-17/h7-14,17H,2-6H2,1H3,(H,23,27)(H,25,28). The Morgan fingerprint density at radius 2 is 1.57 bits per heavy atom. The molecule has 2 N–H and O–H groups in total. The van der Waals surface area contributed by atoms with Crippen LogP contribution in [0.3, 0.4) is 0 Å². The van der Waals surface area contributed by atoms with Crippen molar-refractivity contribution in [1.29, 1.82) is 0 Å². The smallest absolute Gasteiger partial charge is 0.271 e. The van der Waals surface area contributed by atoms with Gasteiger partial charge in [-0.1, -0.05) is 19.3 Å². The lowest BCUT2D eigenvalue weighted by Gasteiger charge is -2.20. The van der Waals surface area contributed by atoms with Crippen LogP contribution in [0, 0.1) is 16.0 Å². The van der Waals surface area contributed by atoms with E-state index in [1.165, 1.54) is 18.6 Å². The number of rotatable bonds is 6. The molecule has 30 heavy (non-hydrogen) atoms. The minimum absolute atomic E-state index is 0.00810. The maximum Gasteiger partial charge on any atom is 0.271 e. The summed E-state index contributed by atoms with van der Waals surface area (Å²) in [5.41, 5.74) is 4.73. The zero-order valence-corrected chi connectivity index (χ0v) is 16.8. The van der Waals surface area contributed by atoms with Crippen molar-refractivity contribution in [2.24, 2.45) is 11.0 Å². The second kappa shape index (κ2) is 9.78. The molecule has 0 bridgehead atoms. The summed E-state index contributed by atoms with van der Waals surface area (Å²) in [5, 5.41) is 17.7. The van der Waals surface area contributed by atoms with Crippen molar-refractivity contribution in [2.75, 3.05) is 5.32 Å². The van der Waals surface area contributed by atoms with Crippen LogP contribution in [0.25, 0.3) is 0 Å². The third kappa shape index (κ3) is 5.50. The fourth-order valence-corrected chi connectivity index (χ4v) is 3.40. The van der Waals surface area contributed by atoms with Crippen molar-refractivity contribution in [3.05, 3.63) is 69.8 Å². The van der Waals surface area contributed by atoms with Gasteiger partial charge in [-0.25, -0.2) is 5.43 Å². The van der Waals surface area contributed by atoms with Crippen molar-refractivity contribution in [3.8, 4) is 0 Å². The summed E-state index contributed by atoms with van der Waals surface area (Å²) in [6, 6.07) is 12.6. The van der Waals surface area contributed by atoms with Gasteiger partial charge in [-0.05, 0) is 61.7 Å². The van der Waals surface area contributed by atoms with Crippen LogP contribution in [-0.2, 0) is 4.79 Å². The molecule has 0 radical (unpaired) electrons. The number of benzene rings is 2. The number of carbonyl (C=O) groups is 2. The van der Waals surface area contributed by atoms with Gasteiger partial charge in [0.05, 0.1) is 10.6 Å². The van der Waals surface area contributed by atoms with E-state index < -0.39 is 4.92 Å². The molecule has 2 aromatic carbocycles. The summed E-state index contributed by atoms with van der Waals surface area (Å²) >= 11 is 0. The predicted octanol–water partition coefficient (Wildman–Crippen LogP) is 4.27. The Kier molecular flexibility index (Phi) is 6.90. The second-order valence-electron chi connectivity index (χ2n) is 7.34. The molecule has 0 unspecified atom stereocenters. The van der Waals surface area contributed by atoms with E-state index in [2.05, 4.69) is 15.8 Å². The largest absolute Gasteiger partial charge is 0.326 e. The fourth-order valence-electron chi connectivity index (χ4n) is 3.40. The van der Waals surface area contributed by atoms with Crippen LogP contribution in [-0.4, -0.2) is 22.4 Å². The molecule has 1 saturated carbocycles. The van der Waals surface area contributed by atoms with E-state index in [1.807, 2.05) is 0 Å². The first-order valence-corrected chi connectivity index (χ1v) is 9.94. The molecule has 2 amide bonds. The van der Waals surface area contributed by atoms with Crippen LogP contribution in [0.1, 0.15) is 54.9 Å². The van der Waals surface area contributed by atoms with E-state index in [9.17, 15) is 19.7 Å². The molecule has 8 heteroatoms. The van der Waals surface area contributed by atoms with Gasteiger partial charge in [0.15, 0.2) is 0 Å². The van der Waals surface area contributed by atoms with Crippen LogP contribution in [0.4, 0.5) is 11.4 Å². The molecular formula is C22H24N4O4. The number of carbonyl (C=O) groups excluding carboxylic acids is 2. The first-order valence-electron chi connectivity index (χ1n) is 9.94. The van der Waals surface area contributed by atoms with Crippen molar-refractivity contribution >= 4 is 28.9 Å². The van der Waals surface area contributed by atoms with Crippen LogP contribution < -0.4 is 10.7 Å². The number of non-ortho nitro benzene ring substituents is 1. The van der Waals surface area contributed by atoms with Gasteiger partial charge in [-0.3, -0.25) is 19.7 Å². The maximum atomic E-state index is 12.3. The zero-order chi connectivity index (χ0) is 21.5. The fraction of sp³-hybridized carbons (Fsp3) is 0.318. The summed E-state index contributed by atoms with van der Waals surface area (Å²) < 4.78 is 0. The van der Waals surface area contributed by atoms with E-state index in [0.29, 0.717) is 22.5 Å². The highest BCUT2D eigenvalue weighted by Crippen LogP contribution is 2.25. The molecule has 2 aromatic rings. The van der Waals surface area contributed by atoms with Gasteiger partial charge >= 0.3 is 0 Å². The molecule has 1 aliphatic carbocycles. The average Bonchev–Trinajstić information content (AvgIpc) is 2.78. The number of hydrogen-bond donors (Lipinski definition) is 2. The molecule has 0 spiro atoms. The van der Waals surface area contributed by atoms with Gasteiger partial charge in [-0.15, -0.1) is 0 Å². The minimum atomic E-state index is -0.473. The molecule has 0 saturated heterocycles. The molecule has 1 aliphatic rings. The van der Waals surface area contributed by atoms with Gasteiger partial charge in [0.25, 0.3) is 11.6 Å². The first kappa shape index (κ1) is 21.2. The molecule has 0 atom stereocenters. The maximum absolute atomic E-state index is 12.3. The molecule has 0 aromatic heterocycles. The van der Waals surface area contributed by atoms with Crippen molar-refractivity contribution < 1.29 is 14.5 Å². The van der Waals surface area contributed by atoms with E-state index >= 15 is 0 Å². The topological polar surface area (TPSA) is 114 Å². The number of hydrogen-bond acceptors (Lipinski definition) is 5. The number of nitro groups is 1. The predicted molar refractivity (Wildman–Crippen MR) is 114 cm³/mol. The molecule has 8 nitrogen and oxygen atoms in total. The number of nitrogens with zero attached hydrogens (tertiary/aromatic N) is 2. The summed E-state index contributed by atoms with van der Waals surface area (Å²) in [7, 11) is 0. The minimum Gasteiger partial charge on any atom is -0.326 e. The van der Waals surface area contributed by atoms with Gasteiger partial charge < -0.3 is 5.32 Å². The lowest BCUT2D eigenvalue weighted by Crippen LogP contribution is -2.24. The lowest BCUT2D eigenvalue weighted by atomic mass is 9.88. The van der Waals surface area contributed by atoms with Crippen molar-refractivity contribution in [1.82, 2.24) is 5.43 Å². The summed E-state index contributed by atoms with van der Waals surface area (Å²) in [6.07, 6.45) is 5.24. The molecule has 1 fully saturated rings. The number of hydrazone groups is 1. The number of nitrogens with one attached hydrogen (secondary N) is 2. The normalized spacial score (nSPS) is 14.8. The summed E-state index contributed by atoms with van der Waals surface area (Å²) in [5.74, 6) is -0.282. The van der Waals surface area contributed by atoms with E-state index in [4.69, 9.17) is 0 Å². The molecule has 0 heterocycles. The van der Waals surface area contributed by atoms with Gasteiger partial charge in [-0.2, -0.15) is 5.10 Å². The van der Waals surface area contributed by atoms with E-state index in [-0.39, 0.29) is 23.4 Å². The second-order valence-corrected chi connectivity index (χ2v) is 7.34. The quantitative estimate of drug-likeness (QED) is 0.422. The van der Waals surface area contributed by atoms with Crippen LogP contribution in [0.15, 0.2) is 53.6 Å². The van der Waals surface area contributed by atoms with Crippen LogP contribution in [0.2, 0.25) is 0 Å². The van der Waals surface area contributed by atoms with Crippen molar-refractivity contribution in [3.63, 3.8) is 0 Å². The Balaban J connectivity index is 1.56. The van der Waals surface area contributed by atoms with E-state index in [0.717, 1.165) is 25.7 Å². The number of nitro benzene ring substituents is 1. The Hall–Kier alpha value is -3.55. The Morgan fingerprint density at radius 3 is 2.17 bits per heavy atom. The van der Waals surface area contributed by atoms with Crippen LogP contribution >= 0.6 is 0 Å². The summed E-state index contributed by atoms with van der Waals surface area (Å²) in [4.78, 5) is 34.9. The number of amides is 2. The Labute approximate surface area is 174 Å². The SMILES string of the molecule is CC(=NNC(=O)c1ccc(NC(=O)C2CCCCC2)cc1)c1ccc([N+](=O)[O-])cc1. The molecular weight excluding hydrogens is 384 g/mol. The highest BCUT2D eigenvalue weighted by atomic mass is 16.6. The zero-order valence-electron chi connectivity index (χ0n) is 16.8. The molecule has 3 rings (SSSR count). The number of anilines is 1. The Bertz CT molecular complexity index is 946. The molecule has 156 valence electrons. The Morgan fingerprint density at radius 1 is 0.967 bits per heavy atom. The lowest BCUT2D eigenvalue weighted by molar-refractivity contribution is -0.384. The average molecular weight is 408 g/mol. The molecule has 0 aliphatic heterocycles. The highest BCUT2D eigenvalue weighted by molar-refractivity contribution is 6.01. The van der Waals surface area contributed by atoms with Gasteiger partial charge in [0, 0.05) is 29.3 Å².